The summed E-state index contributed by atoms with van der Waals surface area (Å²) in [5, 5.41) is 0. The van der Waals surface area contributed by atoms with Gasteiger partial charge in [0, 0.05) is 11.8 Å². The van der Waals surface area contributed by atoms with E-state index >= 15 is 0 Å². The van der Waals surface area contributed by atoms with E-state index in [4.69, 9.17) is 4.74 Å². The molecule has 0 aromatic heterocycles. The van der Waals surface area contributed by atoms with Gasteiger partial charge in [-0.05, 0) is 19.3 Å². The maximum absolute atomic E-state index is 11.5. The summed E-state index contributed by atoms with van der Waals surface area (Å²) in [5.41, 5.74) is 0.324. The summed E-state index contributed by atoms with van der Waals surface area (Å²) in [6.45, 7) is 2.32. The number of carbonyl (C=O) groups is 1. The lowest BCUT2D eigenvalue weighted by Gasteiger charge is -2.42. The number of epoxide rings is 1. The Morgan fingerprint density at radius 2 is 2.08 bits per heavy atom. The molecule has 1 spiro atoms. The Morgan fingerprint density at radius 1 is 1.31 bits per heavy atom. The van der Waals surface area contributed by atoms with Crippen molar-refractivity contribution in [3.8, 4) is 0 Å². The van der Waals surface area contributed by atoms with Crippen molar-refractivity contribution in [1.82, 2.24) is 0 Å². The Labute approximate surface area is 78.6 Å². The molecule has 3 rings (SSSR count). The van der Waals surface area contributed by atoms with Gasteiger partial charge in [-0.3, -0.25) is 4.79 Å². The second kappa shape index (κ2) is 2.17. The lowest BCUT2D eigenvalue weighted by Crippen LogP contribution is -2.45. The Balaban J connectivity index is 1.97. The molecule has 0 N–H and O–H groups in total. The van der Waals surface area contributed by atoms with Crippen LogP contribution in [-0.2, 0) is 9.53 Å². The van der Waals surface area contributed by atoms with Crippen molar-refractivity contribution >= 4 is 5.78 Å². The van der Waals surface area contributed by atoms with Crippen LogP contribution < -0.4 is 0 Å². The Morgan fingerprint density at radius 3 is 2.92 bits per heavy atom. The molecule has 0 aromatic carbocycles. The molecule has 1 aliphatic heterocycles. The van der Waals surface area contributed by atoms with Gasteiger partial charge in [-0.1, -0.05) is 19.8 Å². The van der Waals surface area contributed by atoms with E-state index in [0.717, 1.165) is 19.3 Å². The SMILES string of the molecule is C[C@@]12CCCC[C@@]13O[C@H]3C(=O)CC2. The molecule has 2 nitrogen and oxygen atoms in total. The first-order chi connectivity index (χ1) is 6.18. The van der Waals surface area contributed by atoms with E-state index in [1.165, 1.54) is 19.3 Å². The van der Waals surface area contributed by atoms with Crippen LogP contribution in [0, 0.1) is 5.41 Å². The molecule has 0 unspecified atom stereocenters. The van der Waals surface area contributed by atoms with Crippen molar-refractivity contribution in [1.29, 1.82) is 0 Å². The van der Waals surface area contributed by atoms with E-state index in [1.54, 1.807) is 0 Å². The minimum atomic E-state index is -0.00782. The highest BCUT2D eigenvalue weighted by atomic mass is 16.6. The van der Waals surface area contributed by atoms with Crippen LogP contribution in [0.1, 0.15) is 45.4 Å². The zero-order valence-corrected chi connectivity index (χ0v) is 8.14. The number of ketones is 1. The Kier molecular flexibility index (Phi) is 1.33. The number of carbonyl (C=O) groups excluding carboxylic acids is 1. The standard InChI is InChI=1S/C11H16O2/c1-10-5-2-3-6-11(10)9(13-11)8(12)4-7-10/h9H,2-7H2,1H3/t9-,10-,11-/m0/s1. The zero-order chi connectivity index (χ0) is 9.10. The van der Waals surface area contributed by atoms with Crippen molar-refractivity contribution in [2.75, 3.05) is 0 Å². The van der Waals surface area contributed by atoms with Crippen LogP contribution in [-0.4, -0.2) is 17.5 Å². The summed E-state index contributed by atoms with van der Waals surface area (Å²) in [6.07, 6.45) is 6.76. The monoisotopic (exact) mass is 180 g/mol. The molecule has 13 heavy (non-hydrogen) atoms. The van der Waals surface area contributed by atoms with Crippen LogP contribution in [0.2, 0.25) is 0 Å². The van der Waals surface area contributed by atoms with Gasteiger partial charge in [0.1, 0.15) is 11.7 Å². The first-order valence-electron chi connectivity index (χ1n) is 5.39. The maximum atomic E-state index is 11.5. The van der Waals surface area contributed by atoms with Crippen LogP contribution in [0.4, 0.5) is 0 Å². The third-order valence-corrected chi connectivity index (χ3v) is 4.46. The molecular weight excluding hydrogens is 164 g/mol. The van der Waals surface area contributed by atoms with Gasteiger partial charge in [-0.15, -0.1) is 0 Å². The third kappa shape index (κ3) is 0.804. The summed E-state index contributed by atoms with van der Waals surface area (Å²) >= 11 is 0. The number of hydrogen-bond acceptors (Lipinski definition) is 2. The molecule has 0 bridgehead atoms. The molecule has 72 valence electrons. The zero-order valence-electron chi connectivity index (χ0n) is 8.14. The van der Waals surface area contributed by atoms with E-state index in [2.05, 4.69) is 6.92 Å². The first kappa shape index (κ1) is 7.98. The highest BCUT2D eigenvalue weighted by Crippen LogP contribution is 2.63. The fraction of sp³-hybridized carbons (Fsp3) is 0.909. The molecule has 2 aliphatic carbocycles. The van der Waals surface area contributed by atoms with Crippen molar-refractivity contribution in [2.45, 2.75) is 57.2 Å². The fourth-order valence-electron chi connectivity index (χ4n) is 3.43. The Bertz CT molecular complexity index is 273. The highest BCUT2D eigenvalue weighted by Gasteiger charge is 2.71. The Hall–Kier alpha value is -0.370. The summed E-state index contributed by atoms with van der Waals surface area (Å²) in [6, 6.07) is 0. The number of rotatable bonds is 0. The molecule has 3 atom stereocenters. The first-order valence-corrected chi connectivity index (χ1v) is 5.39. The van der Waals surface area contributed by atoms with Gasteiger partial charge in [0.2, 0.25) is 0 Å². The summed E-state index contributed by atoms with van der Waals surface area (Å²) < 4.78 is 5.74. The minimum absolute atomic E-state index is 0.000579. The van der Waals surface area contributed by atoms with Gasteiger partial charge in [0.15, 0.2) is 5.78 Å². The molecule has 3 aliphatic rings. The average Bonchev–Trinajstić information content (AvgIpc) is 2.84. The van der Waals surface area contributed by atoms with Gasteiger partial charge in [0.05, 0.1) is 0 Å². The lowest BCUT2D eigenvalue weighted by atomic mass is 9.60. The van der Waals surface area contributed by atoms with Crippen LogP contribution >= 0.6 is 0 Å². The number of ether oxygens (including phenoxy) is 1. The van der Waals surface area contributed by atoms with Crippen molar-refractivity contribution in [3.05, 3.63) is 0 Å². The van der Waals surface area contributed by atoms with Gasteiger partial charge < -0.3 is 4.74 Å². The smallest absolute Gasteiger partial charge is 0.164 e. The normalized spacial score (nSPS) is 53.9. The van der Waals surface area contributed by atoms with Crippen molar-refractivity contribution in [2.24, 2.45) is 5.41 Å². The molecular formula is C11H16O2. The van der Waals surface area contributed by atoms with E-state index in [-0.39, 0.29) is 11.7 Å². The second-order valence-corrected chi connectivity index (χ2v) is 5.12. The summed E-state index contributed by atoms with van der Waals surface area (Å²) in [5.74, 6) is 0.361. The van der Waals surface area contributed by atoms with E-state index in [1.807, 2.05) is 0 Å². The summed E-state index contributed by atoms with van der Waals surface area (Å²) in [7, 11) is 0. The predicted octanol–water partition coefficient (Wildman–Crippen LogP) is 2.07. The fourth-order valence-corrected chi connectivity index (χ4v) is 3.43. The number of hydrogen-bond donors (Lipinski definition) is 0. The quantitative estimate of drug-likeness (QED) is 0.534. The van der Waals surface area contributed by atoms with Gasteiger partial charge >= 0.3 is 0 Å². The highest BCUT2D eigenvalue weighted by molar-refractivity contribution is 5.88. The molecule has 3 fully saturated rings. The topological polar surface area (TPSA) is 29.6 Å². The van der Waals surface area contributed by atoms with Crippen LogP contribution in [0.15, 0.2) is 0 Å². The molecule has 2 saturated carbocycles. The largest absolute Gasteiger partial charge is 0.357 e. The third-order valence-electron chi connectivity index (χ3n) is 4.46. The van der Waals surface area contributed by atoms with Gasteiger partial charge in [0.25, 0.3) is 0 Å². The van der Waals surface area contributed by atoms with Crippen LogP contribution in [0.5, 0.6) is 0 Å². The van der Waals surface area contributed by atoms with Gasteiger partial charge in [-0.25, -0.2) is 0 Å². The molecule has 0 aromatic rings. The van der Waals surface area contributed by atoms with Gasteiger partial charge in [-0.2, -0.15) is 0 Å². The molecule has 0 radical (unpaired) electrons. The number of Topliss-reactive ketones (excluding diaryl/α,β-unsaturated/α-hetero) is 1. The van der Waals surface area contributed by atoms with Crippen molar-refractivity contribution in [3.63, 3.8) is 0 Å². The molecule has 0 amide bonds. The second-order valence-electron chi connectivity index (χ2n) is 5.12. The van der Waals surface area contributed by atoms with Crippen molar-refractivity contribution < 1.29 is 9.53 Å². The van der Waals surface area contributed by atoms with Crippen LogP contribution in [0.25, 0.3) is 0 Å². The molecule has 2 heteroatoms. The van der Waals surface area contributed by atoms with E-state index in [9.17, 15) is 4.79 Å². The predicted molar refractivity (Wildman–Crippen MR) is 48.4 cm³/mol. The average molecular weight is 180 g/mol. The summed E-state index contributed by atoms with van der Waals surface area (Å²) in [4.78, 5) is 11.5. The molecule has 1 saturated heterocycles. The lowest BCUT2D eigenvalue weighted by molar-refractivity contribution is -0.122. The van der Waals surface area contributed by atoms with E-state index in [0.29, 0.717) is 11.2 Å². The van der Waals surface area contributed by atoms with E-state index < -0.39 is 0 Å². The van der Waals surface area contributed by atoms with Crippen LogP contribution in [0.3, 0.4) is 0 Å². The maximum Gasteiger partial charge on any atom is 0.164 e. The molecule has 1 heterocycles. The minimum Gasteiger partial charge on any atom is -0.357 e.